The smallest absolute Gasteiger partial charge is 0.425 e. The lowest BCUT2D eigenvalue weighted by atomic mass is 9.82. The summed E-state index contributed by atoms with van der Waals surface area (Å²) < 4.78 is 0.634. The van der Waals surface area contributed by atoms with E-state index >= 15 is 0 Å². The van der Waals surface area contributed by atoms with Gasteiger partial charge >= 0.3 is 7.05 Å². The highest BCUT2D eigenvalue weighted by Gasteiger charge is 2.19. The van der Waals surface area contributed by atoms with Crippen molar-refractivity contribution in [3.05, 3.63) is 21.9 Å². The Labute approximate surface area is 62.8 Å². The number of aryl methyl sites for hydroxylation is 1. The lowest BCUT2D eigenvalue weighted by Gasteiger charge is -1.92. The maximum atomic E-state index is 9.86. The summed E-state index contributed by atoms with van der Waals surface area (Å²) in [5, 5.41) is 13.3. The third-order valence-corrected chi connectivity index (χ3v) is 2.29. The summed E-state index contributed by atoms with van der Waals surface area (Å²) in [4.78, 5) is 9.86. The van der Waals surface area contributed by atoms with Gasteiger partial charge in [-0.1, -0.05) is 5.09 Å². The van der Waals surface area contributed by atoms with Crippen LogP contribution >= 0.6 is 11.3 Å². The Morgan fingerprint density at radius 2 is 2.50 bits per heavy atom. The van der Waals surface area contributed by atoms with Crippen LogP contribution in [0.15, 0.2) is 16.5 Å². The van der Waals surface area contributed by atoms with Crippen LogP contribution < -0.4 is 4.78 Å². The summed E-state index contributed by atoms with van der Waals surface area (Å²) in [5.74, 6) is 0. The lowest BCUT2D eigenvalue weighted by molar-refractivity contribution is 0.588. The fraction of sp³-hybridized carbons (Fsp3) is 0.200. The second-order valence-electron chi connectivity index (χ2n) is 1.95. The zero-order valence-electron chi connectivity index (χ0n) is 5.44. The zero-order chi connectivity index (χ0) is 7.56. The van der Waals surface area contributed by atoms with Gasteiger partial charge < -0.3 is 5.02 Å². The highest BCUT2D eigenvalue weighted by atomic mass is 32.1. The number of thiophene rings is 1. The van der Waals surface area contributed by atoms with Gasteiger partial charge in [-0.25, -0.2) is 0 Å². The Hall–Kier alpha value is -0.675. The zero-order valence-corrected chi connectivity index (χ0v) is 6.26. The van der Waals surface area contributed by atoms with E-state index < -0.39 is 7.05 Å². The second-order valence-corrected chi connectivity index (χ2v) is 2.89. The van der Waals surface area contributed by atoms with Crippen LogP contribution in [0.3, 0.4) is 0 Å². The van der Waals surface area contributed by atoms with Crippen LogP contribution in [0.1, 0.15) is 5.56 Å². The molecule has 10 heavy (non-hydrogen) atoms. The molecule has 0 aliphatic carbocycles. The summed E-state index contributed by atoms with van der Waals surface area (Å²) in [6, 6.07) is 1.84. The Bertz CT molecular complexity index is 237. The predicted molar refractivity (Wildman–Crippen MR) is 42.5 cm³/mol. The van der Waals surface area contributed by atoms with Gasteiger partial charge in [0.1, 0.15) is 0 Å². The number of hydrogen-bond donors (Lipinski definition) is 1. The van der Waals surface area contributed by atoms with Gasteiger partial charge in [-0.15, -0.1) is 0 Å². The van der Waals surface area contributed by atoms with Gasteiger partial charge in [-0.3, -0.25) is 0 Å². The third kappa shape index (κ3) is 1.25. The van der Waals surface area contributed by atoms with Crippen LogP contribution in [-0.2, 0) is 0 Å². The minimum atomic E-state index is -1.18. The fourth-order valence-corrected chi connectivity index (χ4v) is 1.53. The monoisotopic (exact) mass is 155 g/mol. The number of nitrogens with zero attached hydrogens (tertiary/aromatic N) is 1. The first-order valence-corrected chi connectivity index (χ1v) is 3.68. The first kappa shape index (κ1) is 7.43. The highest BCUT2D eigenvalue weighted by molar-refractivity contribution is 7.21. The molecule has 5 heteroatoms. The number of nitroso groups, excluding NO2 is 1. The van der Waals surface area contributed by atoms with Crippen LogP contribution in [0, 0.1) is 11.8 Å². The molecule has 1 heterocycles. The SMILES string of the molecule is Cc1ccsc1B(O)N=O. The Morgan fingerprint density at radius 3 is 2.90 bits per heavy atom. The molecule has 0 saturated heterocycles. The Kier molecular flexibility index (Phi) is 2.19. The summed E-state index contributed by atoms with van der Waals surface area (Å²) in [6.07, 6.45) is 0. The average Bonchev–Trinajstić information content (AvgIpc) is 2.34. The molecule has 0 fully saturated rings. The van der Waals surface area contributed by atoms with Gasteiger partial charge in [0, 0.05) is 4.78 Å². The van der Waals surface area contributed by atoms with E-state index in [9.17, 15) is 4.91 Å². The number of hydrogen-bond acceptors (Lipinski definition) is 4. The van der Waals surface area contributed by atoms with Crippen LogP contribution in [0.25, 0.3) is 0 Å². The van der Waals surface area contributed by atoms with Gasteiger partial charge in [-0.05, 0) is 23.9 Å². The molecule has 0 aliphatic rings. The van der Waals surface area contributed by atoms with Crippen molar-refractivity contribution < 1.29 is 5.02 Å². The molecule has 0 aliphatic heterocycles. The van der Waals surface area contributed by atoms with Crippen molar-refractivity contribution in [1.29, 1.82) is 0 Å². The normalized spacial score (nSPS) is 9.40. The van der Waals surface area contributed by atoms with Crippen molar-refractivity contribution in [1.82, 2.24) is 0 Å². The molecule has 3 nitrogen and oxygen atoms in total. The van der Waals surface area contributed by atoms with Crippen LogP contribution in [-0.4, -0.2) is 12.1 Å². The number of rotatable bonds is 2. The quantitative estimate of drug-likeness (QED) is 0.499. The average molecular weight is 155 g/mol. The van der Waals surface area contributed by atoms with E-state index in [-0.39, 0.29) is 0 Å². The van der Waals surface area contributed by atoms with Crippen molar-refractivity contribution in [3.8, 4) is 0 Å². The molecule has 0 spiro atoms. The minimum absolute atomic E-state index is 0.634. The molecule has 0 aromatic carbocycles. The summed E-state index contributed by atoms with van der Waals surface area (Å²) in [7, 11) is -1.18. The predicted octanol–water partition coefficient (Wildman–Crippen LogP) is 0.510. The molecule has 0 atom stereocenters. The van der Waals surface area contributed by atoms with E-state index in [0.29, 0.717) is 4.78 Å². The van der Waals surface area contributed by atoms with E-state index in [1.54, 1.807) is 0 Å². The molecular formula is C5H6BNO2S. The molecular weight excluding hydrogens is 149 g/mol. The molecule has 0 amide bonds. The van der Waals surface area contributed by atoms with Gasteiger partial charge in [0.25, 0.3) is 0 Å². The standard InChI is InChI=1S/C5H6BNO2S/c1-4-2-3-10-5(4)6(8)7-9/h2-3,8H,1H3. The van der Waals surface area contributed by atoms with Gasteiger partial charge in [0.2, 0.25) is 0 Å². The molecule has 52 valence electrons. The molecule has 1 N–H and O–H groups in total. The van der Waals surface area contributed by atoms with Crippen LogP contribution in [0.4, 0.5) is 0 Å². The third-order valence-electron chi connectivity index (χ3n) is 1.24. The first-order valence-electron chi connectivity index (χ1n) is 2.80. The summed E-state index contributed by atoms with van der Waals surface area (Å²) in [6.45, 7) is 1.83. The molecule has 0 saturated carbocycles. The second kappa shape index (κ2) is 2.94. The van der Waals surface area contributed by atoms with Gasteiger partial charge in [0.05, 0.1) is 0 Å². The molecule has 0 radical (unpaired) electrons. The van der Waals surface area contributed by atoms with E-state index in [0.717, 1.165) is 5.56 Å². The Morgan fingerprint density at radius 1 is 1.80 bits per heavy atom. The first-order chi connectivity index (χ1) is 4.75. The summed E-state index contributed by atoms with van der Waals surface area (Å²) >= 11 is 1.34. The molecule has 0 unspecified atom stereocenters. The van der Waals surface area contributed by atoms with Gasteiger partial charge in [-0.2, -0.15) is 16.2 Å². The largest absolute Gasteiger partial charge is 0.527 e. The van der Waals surface area contributed by atoms with Crippen molar-refractivity contribution in [2.75, 3.05) is 0 Å². The van der Waals surface area contributed by atoms with Crippen molar-refractivity contribution in [2.45, 2.75) is 6.92 Å². The topological polar surface area (TPSA) is 49.7 Å². The molecule has 1 aromatic rings. The van der Waals surface area contributed by atoms with Crippen molar-refractivity contribution >= 4 is 23.2 Å². The van der Waals surface area contributed by atoms with E-state index in [1.807, 2.05) is 18.4 Å². The summed E-state index contributed by atoms with van der Waals surface area (Å²) in [5.41, 5.74) is 0.914. The molecule has 0 bridgehead atoms. The minimum Gasteiger partial charge on any atom is -0.425 e. The maximum absolute atomic E-state index is 9.86. The maximum Gasteiger partial charge on any atom is 0.527 e. The van der Waals surface area contributed by atoms with E-state index in [2.05, 4.69) is 5.09 Å². The van der Waals surface area contributed by atoms with E-state index in [1.165, 1.54) is 11.3 Å². The van der Waals surface area contributed by atoms with Crippen molar-refractivity contribution in [3.63, 3.8) is 0 Å². The van der Waals surface area contributed by atoms with Gasteiger partial charge in [0.15, 0.2) is 0 Å². The highest BCUT2D eigenvalue weighted by Crippen LogP contribution is 2.02. The van der Waals surface area contributed by atoms with Crippen molar-refractivity contribution in [2.24, 2.45) is 5.09 Å². The molecule has 1 rings (SSSR count). The Balaban J connectivity index is 2.92. The lowest BCUT2D eigenvalue weighted by Crippen LogP contribution is -2.26. The van der Waals surface area contributed by atoms with E-state index in [4.69, 9.17) is 5.02 Å². The molecule has 1 aromatic heterocycles. The fourth-order valence-electron chi connectivity index (χ4n) is 0.697. The van der Waals surface area contributed by atoms with Crippen LogP contribution in [0.2, 0.25) is 0 Å². The van der Waals surface area contributed by atoms with Crippen LogP contribution in [0.5, 0.6) is 0 Å².